The summed E-state index contributed by atoms with van der Waals surface area (Å²) in [6.07, 6.45) is 0. The lowest BCUT2D eigenvalue weighted by Crippen LogP contribution is -1.86. The molecule has 2 N–H and O–H groups in total. The summed E-state index contributed by atoms with van der Waals surface area (Å²) in [5.74, 6) is 0.360. The second kappa shape index (κ2) is 3.06. The second-order valence-corrected chi connectivity index (χ2v) is 2.83. The van der Waals surface area contributed by atoms with Gasteiger partial charge in [-0.05, 0) is 17.7 Å². The molecule has 0 saturated carbocycles. The molecule has 1 aromatic carbocycles. The van der Waals surface area contributed by atoms with Crippen molar-refractivity contribution in [3.05, 3.63) is 23.8 Å². The van der Waals surface area contributed by atoms with Gasteiger partial charge in [0.2, 0.25) is 5.88 Å². The van der Waals surface area contributed by atoms with Crippen molar-refractivity contribution in [2.45, 2.75) is 6.61 Å². The van der Waals surface area contributed by atoms with E-state index in [1.54, 1.807) is 7.11 Å². The summed E-state index contributed by atoms with van der Waals surface area (Å²) in [7, 11) is 1.65. The van der Waals surface area contributed by atoms with E-state index in [9.17, 15) is 0 Å². The van der Waals surface area contributed by atoms with Crippen LogP contribution in [0.2, 0.25) is 0 Å². The van der Waals surface area contributed by atoms with Crippen LogP contribution in [0.25, 0.3) is 10.9 Å². The summed E-state index contributed by atoms with van der Waals surface area (Å²) in [5.41, 5.74) is 7.37. The average Bonchev–Trinajstić information content (AvgIpc) is 2.48. The summed E-state index contributed by atoms with van der Waals surface area (Å²) >= 11 is 0. The van der Waals surface area contributed by atoms with E-state index in [4.69, 9.17) is 15.0 Å². The Morgan fingerprint density at radius 2 is 2.38 bits per heavy atom. The normalized spacial score (nSPS) is 10.8. The Morgan fingerprint density at radius 3 is 3.15 bits per heavy atom. The third kappa shape index (κ3) is 1.36. The number of methoxy groups -OCH3 is 1. The standard InChI is InChI=1S/C9H10N2O2/c1-12-5-6-2-3-7-8(4-6)11-13-9(7)10/h2-4H,5,10H2,1H3. The molecule has 0 radical (unpaired) electrons. The maximum atomic E-state index is 5.54. The molecule has 4 nitrogen and oxygen atoms in total. The zero-order chi connectivity index (χ0) is 9.26. The van der Waals surface area contributed by atoms with Gasteiger partial charge in [0.05, 0.1) is 12.0 Å². The number of benzene rings is 1. The summed E-state index contributed by atoms with van der Waals surface area (Å²) in [4.78, 5) is 0. The van der Waals surface area contributed by atoms with Crippen LogP contribution >= 0.6 is 0 Å². The van der Waals surface area contributed by atoms with Crippen LogP contribution in [-0.2, 0) is 11.3 Å². The SMILES string of the molecule is COCc1ccc2c(N)onc2c1. The molecule has 0 spiro atoms. The Balaban J connectivity index is 2.50. The minimum atomic E-state index is 0.360. The summed E-state index contributed by atoms with van der Waals surface area (Å²) in [6, 6.07) is 5.73. The van der Waals surface area contributed by atoms with Gasteiger partial charge in [-0.3, -0.25) is 0 Å². The van der Waals surface area contributed by atoms with Crippen molar-refractivity contribution < 1.29 is 9.26 Å². The molecular formula is C9H10N2O2. The molecule has 13 heavy (non-hydrogen) atoms. The van der Waals surface area contributed by atoms with Crippen LogP contribution in [0.15, 0.2) is 22.7 Å². The zero-order valence-corrected chi connectivity index (χ0v) is 7.28. The summed E-state index contributed by atoms with van der Waals surface area (Å²) in [6.45, 7) is 0.572. The minimum Gasteiger partial charge on any atom is -0.380 e. The van der Waals surface area contributed by atoms with Gasteiger partial charge >= 0.3 is 0 Å². The first-order valence-electron chi connectivity index (χ1n) is 3.94. The van der Waals surface area contributed by atoms with Crippen LogP contribution in [0.3, 0.4) is 0 Å². The lowest BCUT2D eigenvalue weighted by molar-refractivity contribution is 0.185. The van der Waals surface area contributed by atoms with E-state index >= 15 is 0 Å². The van der Waals surface area contributed by atoms with E-state index in [-0.39, 0.29) is 0 Å². The quantitative estimate of drug-likeness (QED) is 0.758. The predicted octanol–water partition coefficient (Wildman–Crippen LogP) is 1.56. The Hall–Kier alpha value is -1.55. The number of anilines is 1. The monoisotopic (exact) mass is 178 g/mol. The molecule has 2 aromatic rings. The minimum absolute atomic E-state index is 0.360. The number of fused-ring (bicyclic) bond motifs is 1. The number of nitrogens with two attached hydrogens (primary N) is 1. The molecule has 68 valence electrons. The molecule has 0 aliphatic rings. The summed E-state index contributed by atoms with van der Waals surface area (Å²) < 4.78 is 9.83. The lowest BCUT2D eigenvalue weighted by Gasteiger charge is -1.97. The van der Waals surface area contributed by atoms with Crippen LogP contribution in [-0.4, -0.2) is 12.3 Å². The third-order valence-corrected chi connectivity index (χ3v) is 1.88. The highest BCUT2D eigenvalue weighted by Gasteiger charge is 2.04. The zero-order valence-electron chi connectivity index (χ0n) is 7.28. The third-order valence-electron chi connectivity index (χ3n) is 1.88. The fourth-order valence-electron chi connectivity index (χ4n) is 1.27. The van der Waals surface area contributed by atoms with Gasteiger partial charge < -0.3 is 15.0 Å². The van der Waals surface area contributed by atoms with Crippen LogP contribution in [0.5, 0.6) is 0 Å². The highest BCUT2D eigenvalue weighted by Crippen LogP contribution is 2.21. The van der Waals surface area contributed by atoms with Crippen molar-refractivity contribution in [1.82, 2.24) is 5.16 Å². The van der Waals surface area contributed by atoms with Crippen molar-refractivity contribution in [2.75, 3.05) is 12.8 Å². The first-order valence-corrected chi connectivity index (χ1v) is 3.94. The van der Waals surface area contributed by atoms with Crippen molar-refractivity contribution >= 4 is 16.8 Å². The van der Waals surface area contributed by atoms with Crippen LogP contribution in [0.4, 0.5) is 5.88 Å². The topological polar surface area (TPSA) is 61.3 Å². The molecule has 0 aliphatic carbocycles. The maximum absolute atomic E-state index is 5.54. The van der Waals surface area contributed by atoms with Crippen molar-refractivity contribution in [2.24, 2.45) is 0 Å². The first kappa shape index (κ1) is 8.07. The van der Waals surface area contributed by atoms with Crippen molar-refractivity contribution in [3.8, 4) is 0 Å². The van der Waals surface area contributed by atoms with Gasteiger partial charge in [-0.15, -0.1) is 0 Å². The first-order chi connectivity index (χ1) is 6.31. The van der Waals surface area contributed by atoms with Gasteiger partial charge in [-0.25, -0.2) is 0 Å². The molecule has 0 amide bonds. The van der Waals surface area contributed by atoms with Crippen LogP contribution < -0.4 is 5.73 Å². The molecule has 4 heteroatoms. The number of nitrogens with zero attached hydrogens (tertiary/aromatic N) is 1. The fourth-order valence-corrected chi connectivity index (χ4v) is 1.27. The molecule has 0 saturated heterocycles. The number of ether oxygens (including phenoxy) is 1. The highest BCUT2D eigenvalue weighted by molar-refractivity contribution is 5.87. The Bertz CT molecular complexity index is 422. The van der Waals surface area contributed by atoms with Crippen molar-refractivity contribution in [1.29, 1.82) is 0 Å². The predicted molar refractivity (Wildman–Crippen MR) is 49.1 cm³/mol. The number of nitrogen functional groups attached to an aromatic ring is 1. The smallest absolute Gasteiger partial charge is 0.229 e. The number of hydrogen-bond donors (Lipinski definition) is 1. The van der Waals surface area contributed by atoms with Gasteiger partial charge in [0.1, 0.15) is 5.52 Å². The van der Waals surface area contributed by atoms with Crippen LogP contribution in [0, 0.1) is 0 Å². The highest BCUT2D eigenvalue weighted by atomic mass is 16.5. The number of hydrogen-bond acceptors (Lipinski definition) is 4. The molecule has 2 rings (SSSR count). The second-order valence-electron chi connectivity index (χ2n) is 2.83. The van der Waals surface area contributed by atoms with Gasteiger partial charge in [0, 0.05) is 7.11 Å². The molecule has 0 bridgehead atoms. The van der Waals surface area contributed by atoms with E-state index in [0.29, 0.717) is 12.5 Å². The van der Waals surface area contributed by atoms with Gasteiger partial charge in [-0.1, -0.05) is 11.2 Å². The molecule has 1 aromatic heterocycles. The van der Waals surface area contributed by atoms with Gasteiger partial charge in [-0.2, -0.15) is 0 Å². The van der Waals surface area contributed by atoms with E-state index in [2.05, 4.69) is 5.16 Å². The Labute approximate surface area is 75.3 Å². The largest absolute Gasteiger partial charge is 0.380 e. The number of aromatic nitrogens is 1. The molecular weight excluding hydrogens is 168 g/mol. The Morgan fingerprint density at radius 1 is 1.54 bits per heavy atom. The number of rotatable bonds is 2. The molecule has 0 fully saturated rings. The van der Waals surface area contributed by atoms with Gasteiger partial charge in [0.15, 0.2) is 0 Å². The van der Waals surface area contributed by atoms with Crippen LogP contribution in [0.1, 0.15) is 5.56 Å². The Kier molecular flexibility index (Phi) is 1.90. The van der Waals surface area contributed by atoms with Gasteiger partial charge in [0.25, 0.3) is 0 Å². The maximum Gasteiger partial charge on any atom is 0.229 e. The fraction of sp³-hybridized carbons (Fsp3) is 0.222. The molecule has 1 heterocycles. The average molecular weight is 178 g/mol. The molecule has 0 atom stereocenters. The van der Waals surface area contributed by atoms with E-state index in [1.165, 1.54) is 0 Å². The van der Waals surface area contributed by atoms with Crippen molar-refractivity contribution in [3.63, 3.8) is 0 Å². The molecule has 0 aliphatic heterocycles. The van der Waals surface area contributed by atoms with E-state index in [1.807, 2.05) is 18.2 Å². The molecule has 0 unspecified atom stereocenters. The summed E-state index contributed by atoms with van der Waals surface area (Å²) in [5, 5.41) is 4.65. The van der Waals surface area contributed by atoms with E-state index in [0.717, 1.165) is 16.5 Å². The lowest BCUT2D eigenvalue weighted by atomic mass is 10.2. The van der Waals surface area contributed by atoms with E-state index < -0.39 is 0 Å².